The van der Waals surface area contributed by atoms with Gasteiger partial charge in [0, 0.05) is 12.6 Å². The number of nitrogens with zero attached hydrogens (tertiary/aromatic N) is 1. The topological polar surface area (TPSA) is 32.7 Å². The summed E-state index contributed by atoms with van der Waals surface area (Å²) in [5, 5.41) is 8.70. The average Bonchev–Trinajstić information content (AvgIpc) is 2.90. The molecule has 1 aromatic rings. The minimum absolute atomic E-state index is 0.304. The van der Waals surface area contributed by atoms with Gasteiger partial charge in [-0.2, -0.15) is 0 Å². The molecular weight excluding hydrogens is 250 g/mol. The molecule has 1 fully saturated rings. The molecule has 0 bridgehead atoms. The van der Waals surface area contributed by atoms with Gasteiger partial charge < -0.3 is 9.84 Å². The molecule has 3 heteroatoms. The minimum atomic E-state index is 0.304. The van der Waals surface area contributed by atoms with Crippen molar-refractivity contribution in [2.45, 2.75) is 44.6 Å². The first-order valence-electron chi connectivity index (χ1n) is 7.85. The summed E-state index contributed by atoms with van der Waals surface area (Å²) in [5.41, 5.74) is 1.40. The molecule has 1 saturated heterocycles. The van der Waals surface area contributed by atoms with Gasteiger partial charge in [-0.25, -0.2) is 0 Å². The molecule has 1 aliphatic heterocycles. The van der Waals surface area contributed by atoms with Gasteiger partial charge in [-0.15, -0.1) is 0 Å². The quantitative estimate of drug-likeness (QED) is 0.739. The summed E-state index contributed by atoms with van der Waals surface area (Å²) in [6, 6.07) is 9.17. The zero-order valence-corrected chi connectivity index (χ0v) is 12.6. The van der Waals surface area contributed by atoms with Crippen LogP contribution in [0, 0.1) is 0 Å². The van der Waals surface area contributed by atoms with Crippen LogP contribution < -0.4 is 4.74 Å². The second-order valence-electron chi connectivity index (χ2n) is 5.69. The number of likely N-dealkylation sites (tertiary alicyclic amines) is 1. The Bertz CT molecular complexity index is 377. The Morgan fingerprint density at radius 2 is 1.90 bits per heavy atom. The summed E-state index contributed by atoms with van der Waals surface area (Å²) < 4.78 is 5.75. The Labute approximate surface area is 122 Å². The monoisotopic (exact) mass is 277 g/mol. The molecule has 1 heterocycles. The highest BCUT2D eigenvalue weighted by molar-refractivity contribution is 5.29. The zero-order valence-electron chi connectivity index (χ0n) is 12.6. The van der Waals surface area contributed by atoms with Gasteiger partial charge in [-0.05, 0) is 63.4 Å². The van der Waals surface area contributed by atoms with Crippen molar-refractivity contribution in [3.8, 4) is 5.75 Å². The molecule has 0 radical (unpaired) electrons. The number of hydrogen-bond donors (Lipinski definition) is 1. The molecule has 0 aliphatic carbocycles. The largest absolute Gasteiger partial charge is 0.494 e. The van der Waals surface area contributed by atoms with E-state index in [0.717, 1.165) is 38.0 Å². The van der Waals surface area contributed by atoms with Crippen molar-refractivity contribution >= 4 is 0 Å². The molecule has 112 valence electrons. The van der Waals surface area contributed by atoms with Crippen LogP contribution in [0.4, 0.5) is 0 Å². The van der Waals surface area contributed by atoms with Gasteiger partial charge in [0.05, 0.1) is 6.61 Å². The van der Waals surface area contributed by atoms with E-state index >= 15 is 0 Å². The number of unbranched alkanes of at least 4 members (excludes halogenated alkanes) is 3. The van der Waals surface area contributed by atoms with E-state index in [1.165, 1.54) is 24.9 Å². The van der Waals surface area contributed by atoms with E-state index in [4.69, 9.17) is 9.84 Å². The summed E-state index contributed by atoms with van der Waals surface area (Å²) in [4.78, 5) is 2.43. The molecule has 1 aliphatic rings. The maximum Gasteiger partial charge on any atom is 0.119 e. The molecule has 1 N–H and O–H groups in total. The Morgan fingerprint density at radius 1 is 1.15 bits per heavy atom. The van der Waals surface area contributed by atoms with Crippen LogP contribution in [0.5, 0.6) is 5.75 Å². The van der Waals surface area contributed by atoms with Crippen molar-refractivity contribution in [3.63, 3.8) is 0 Å². The van der Waals surface area contributed by atoms with Gasteiger partial charge in [-0.3, -0.25) is 4.90 Å². The third kappa shape index (κ3) is 4.50. The molecule has 0 saturated carbocycles. The van der Waals surface area contributed by atoms with Crippen LogP contribution in [0.2, 0.25) is 0 Å². The van der Waals surface area contributed by atoms with Crippen LogP contribution in [-0.2, 0) is 0 Å². The smallest absolute Gasteiger partial charge is 0.119 e. The lowest BCUT2D eigenvalue weighted by Gasteiger charge is -2.20. The summed E-state index contributed by atoms with van der Waals surface area (Å²) in [6.45, 7) is 2.28. The lowest BCUT2D eigenvalue weighted by molar-refractivity contribution is 0.273. The van der Waals surface area contributed by atoms with Gasteiger partial charge in [0.25, 0.3) is 0 Å². The average molecular weight is 277 g/mol. The van der Waals surface area contributed by atoms with E-state index in [2.05, 4.69) is 36.2 Å². The van der Waals surface area contributed by atoms with Crippen molar-refractivity contribution in [2.75, 3.05) is 26.8 Å². The van der Waals surface area contributed by atoms with Crippen LogP contribution in [0.1, 0.15) is 50.1 Å². The Balaban J connectivity index is 1.71. The van der Waals surface area contributed by atoms with Crippen LogP contribution in [0.25, 0.3) is 0 Å². The standard InChI is InChI=1S/C17H27NO2/c1-18-12-6-7-17(18)15-8-10-16(11-9-15)20-14-5-3-2-4-13-19/h8-11,17,19H,2-7,12-14H2,1H3. The molecule has 0 spiro atoms. The Hall–Kier alpha value is -1.06. The summed E-state index contributed by atoms with van der Waals surface area (Å²) in [7, 11) is 2.20. The fourth-order valence-electron chi connectivity index (χ4n) is 2.88. The second-order valence-corrected chi connectivity index (χ2v) is 5.69. The van der Waals surface area contributed by atoms with E-state index in [0.29, 0.717) is 12.6 Å². The number of rotatable bonds is 8. The SMILES string of the molecule is CN1CCCC1c1ccc(OCCCCCCO)cc1. The lowest BCUT2D eigenvalue weighted by Crippen LogP contribution is -2.17. The molecule has 1 atom stereocenters. The predicted molar refractivity (Wildman–Crippen MR) is 82.1 cm³/mol. The number of aliphatic hydroxyl groups excluding tert-OH is 1. The van der Waals surface area contributed by atoms with Gasteiger partial charge in [0.15, 0.2) is 0 Å². The lowest BCUT2D eigenvalue weighted by atomic mass is 10.0. The number of benzene rings is 1. The molecular formula is C17H27NO2. The highest BCUT2D eigenvalue weighted by Crippen LogP contribution is 2.31. The van der Waals surface area contributed by atoms with E-state index in [-0.39, 0.29) is 0 Å². The summed E-state index contributed by atoms with van der Waals surface area (Å²) >= 11 is 0. The molecule has 2 rings (SSSR count). The van der Waals surface area contributed by atoms with Crippen molar-refractivity contribution < 1.29 is 9.84 Å². The molecule has 1 aromatic carbocycles. The first-order valence-corrected chi connectivity index (χ1v) is 7.85. The summed E-state index contributed by atoms with van der Waals surface area (Å²) in [5.74, 6) is 0.969. The highest BCUT2D eigenvalue weighted by Gasteiger charge is 2.22. The number of ether oxygens (including phenoxy) is 1. The maximum absolute atomic E-state index is 8.70. The van der Waals surface area contributed by atoms with E-state index in [1.54, 1.807) is 0 Å². The van der Waals surface area contributed by atoms with Crippen LogP contribution in [0.3, 0.4) is 0 Å². The first-order chi connectivity index (χ1) is 9.81. The predicted octanol–water partition coefficient (Wildman–Crippen LogP) is 3.38. The molecule has 0 amide bonds. The van der Waals surface area contributed by atoms with E-state index < -0.39 is 0 Å². The van der Waals surface area contributed by atoms with Crippen molar-refractivity contribution in [3.05, 3.63) is 29.8 Å². The minimum Gasteiger partial charge on any atom is -0.494 e. The normalized spacial score (nSPS) is 19.4. The van der Waals surface area contributed by atoms with Gasteiger partial charge in [0.2, 0.25) is 0 Å². The molecule has 3 nitrogen and oxygen atoms in total. The molecule has 0 aromatic heterocycles. The maximum atomic E-state index is 8.70. The fourth-order valence-corrected chi connectivity index (χ4v) is 2.88. The third-order valence-electron chi connectivity index (χ3n) is 4.11. The zero-order chi connectivity index (χ0) is 14.2. The van der Waals surface area contributed by atoms with Crippen molar-refractivity contribution in [1.82, 2.24) is 4.90 Å². The fraction of sp³-hybridized carbons (Fsp3) is 0.647. The van der Waals surface area contributed by atoms with Crippen LogP contribution in [0.15, 0.2) is 24.3 Å². The Morgan fingerprint density at radius 3 is 2.55 bits per heavy atom. The van der Waals surface area contributed by atoms with Crippen LogP contribution in [-0.4, -0.2) is 36.8 Å². The van der Waals surface area contributed by atoms with Gasteiger partial charge in [-0.1, -0.05) is 18.6 Å². The number of aliphatic hydroxyl groups is 1. The molecule has 1 unspecified atom stereocenters. The first kappa shape index (κ1) is 15.3. The third-order valence-corrected chi connectivity index (χ3v) is 4.11. The number of hydrogen-bond acceptors (Lipinski definition) is 3. The molecule has 20 heavy (non-hydrogen) atoms. The van der Waals surface area contributed by atoms with E-state index in [9.17, 15) is 0 Å². The van der Waals surface area contributed by atoms with Gasteiger partial charge in [0.1, 0.15) is 5.75 Å². The van der Waals surface area contributed by atoms with Crippen LogP contribution >= 0.6 is 0 Å². The van der Waals surface area contributed by atoms with Crippen molar-refractivity contribution in [1.29, 1.82) is 0 Å². The summed E-state index contributed by atoms with van der Waals surface area (Å²) in [6.07, 6.45) is 6.75. The Kier molecular flexibility index (Phi) is 6.34. The van der Waals surface area contributed by atoms with Crippen molar-refractivity contribution in [2.24, 2.45) is 0 Å². The van der Waals surface area contributed by atoms with Gasteiger partial charge >= 0.3 is 0 Å². The second kappa shape index (κ2) is 8.28. The highest BCUT2D eigenvalue weighted by atomic mass is 16.5. The van der Waals surface area contributed by atoms with E-state index in [1.807, 2.05) is 0 Å².